The molecule has 0 atom stereocenters. The average Bonchev–Trinajstić information content (AvgIpc) is 3.05. The molecule has 0 aliphatic rings. The Hall–Kier alpha value is -2.43. The Morgan fingerprint density at radius 1 is 1.18 bits per heavy atom. The molecule has 0 saturated heterocycles. The van der Waals surface area contributed by atoms with Crippen LogP contribution in [0.1, 0.15) is 31.5 Å². The van der Waals surface area contributed by atoms with E-state index in [1.807, 2.05) is 68.6 Å². The molecule has 1 aromatic heterocycles. The monoisotopic (exact) mass is 396 g/mol. The molecule has 28 heavy (non-hydrogen) atoms. The van der Waals surface area contributed by atoms with Gasteiger partial charge in [0.25, 0.3) is 0 Å². The van der Waals surface area contributed by atoms with Gasteiger partial charge in [-0.05, 0) is 47.7 Å². The van der Waals surface area contributed by atoms with Crippen molar-refractivity contribution in [3.63, 3.8) is 0 Å². The molecule has 0 aliphatic carbocycles. The molecular formula is C23H25ClN2O2. The molecule has 2 aromatic carbocycles. The maximum absolute atomic E-state index is 12.4. The highest BCUT2D eigenvalue weighted by Crippen LogP contribution is 2.28. The van der Waals surface area contributed by atoms with Crippen molar-refractivity contribution in [3.8, 4) is 16.8 Å². The average molecular weight is 397 g/mol. The number of hydrogen-bond donors (Lipinski definition) is 1. The first-order valence-electron chi connectivity index (χ1n) is 9.52. The summed E-state index contributed by atoms with van der Waals surface area (Å²) in [6.45, 7) is 4.22. The molecule has 0 radical (unpaired) electrons. The van der Waals surface area contributed by atoms with Crippen molar-refractivity contribution in [2.75, 3.05) is 6.61 Å². The standard InChI is InChI=1S/C23H25ClN2O2/c1-16(2)12-21(28)14-23-22(18-4-3-5-19(24)13-18)15-26(25-23)20-8-6-17(7-9-20)10-11-27/h3-9,13,15-16,27H,10-12,14H2,1-2H3. The lowest BCUT2D eigenvalue weighted by atomic mass is 10.00. The van der Waals surface area contributed by atoms with Gasteiger partial charge in [0.2, 0.25) is 0 Å². The summed E-state index contributed by atoms with van der Waals surface area (Å²) in [5.74, 6) is 0.505. The number of ketones is 1. The zero-order valence-corrected chi connectivity index (χ0v) is 17.0. The molecule has 0 aliphatic heterocycles. The lowest BCUT2D eigenvalue weighted by Gasteiger charge is -2.05. The largest absolute Gasteiger partial charge is 0.396 e. The molecule has 1 heterocycles. The summed E-state index contributed by atoms with van der Waals surface area (Å²) in [5.41, 5.74) is 4.60. The molecule has 0 unspecified atom stereocenters. The van der Waals surface area contributed by atoms with E-state index in [0.717, 1.165) is 28.1 Å². The van der Waals surface area contributed by atoms with E-state index in [2.05, 4.69) is 0 Å². The summed E-state index contributed by atoms with van der Waals surface area (Å²) in [5, 5.41) is 14.4. The van der Waals surface area contributed by atoms with Gasteiger partial charge in [-0.2, -0.15) is 5.10 Å². The minimum absolute atomic E-state index is 0.127. The summed E-state index contributed by atoms with van der Waals surface area (Å²) >= 11 is 6.18. The first-order chi connectivity index (χ1) is 13.5. The molecule has 0 bridgehead atoms. The Morgan fingerprint density at radius 3 is 2.57 bits per heavy atom. The van der Waals surface area contributed by atoms with E-state index < -0.39 is 0 Å². The van der Waals surface area contributed by atoms with Crippen LogP contribution in [0.2, 0.25) is 5.02 Å². The first kappa shape index (κ1) is 20.3. The van der Waals surface area contributed by atoms with E-state index in [1.54, 1.807) is 4.68 Å². The van der Waals surface area contributed by atoms with E-state index in [1.165, 1.54) is 0 Å². The number of halogens is 1. The predicted molar refractivity (Wildman–Crippen MR) is 113 cm³/mol. The van der Waals surface area contributed by atoms with Gasteiger partial charge in [0.15, 0.2) is 0 Å². The van der Waals surface area contributed by atoms with Gasteiger partial charge in [-0.3, -0.25) is 4.79 Å². The Kier molecular flexibility index (Phi) is 6.65. The Bertz CT molecular complexity index is 945. The maximum atomic E-state index is 12.4. The van der Waals surface area contributed by atoms with Crippen LogP contribution in [0.25, 0.3) is 16.8 Å². The van der Waals surface area contributed by atoms with Gasteiger partial charge in [-0.15, -0.1) is 0 Å². The number of rotatable bonds is 8. The van der Waals surface area contributed by atoms with Gasteiger partial charge >= 0.3 is 0 Å². The molecule has 3 aromatic rings. The molecule has 146 valence electrons. The molecule has 1 N–H and O–H groups in total. The van der Waals surface area contributed by atoms with Crippen molar-refractivity contribution in [1.82, 2.24) is 9.78 Å². The van der Waals surface area contributed by atoms with Gasteiger partial charge in [0.1, 0.15) is 5.78 Å². The summed E-state index contributed by atoms with van der Waals surface area (Å²) in [6, 6.07) is 15.5. The van der Waals surface area contributed by atoms with Gasteiger partial charge < -0.3 is 5.11 Å². The van der Waals surface area contributed by atoms with Crippen molar-refractivity contribution in [2.45, 2.75) is 33.1 Å². The number of aliphatic hydroxyl groups excluding tert-OH is 1. The van der Waals surface area contributed by atoms with Crippen LogP contribution >= 0.6 is 11.6 Å². The fourth-order valence-corrected chi connectivity index (χ4v) is 3.42. The third-order valence-corrected chi connectivity index (χ3v) is 4.76. The van der Waals surface area contributed by atoms with E-state index in [0.29, 0.717) is 30.2 Å². The summed E-state index contributed by atoms with van der Waals surface area (Å²) in [7, 11) is 0. The maximum Gasteiger partial charge on any atom is 0.139 e. The highest BCUT2D eigenvalue weighted by Gasteiger charge is 2.16. The highest BCUT2D eigenvalue weighted by molar-refractivity contribution is 6.30. The molecule has 0 amide bonds. The quantitative estimate of drug-likeness (QED) is 0.590. The van der Waals surface area contributed by atoms with Crippen molar-refractivity contribution in [1.29, 1.82) is 0 Å². The number of carbonyl (C=O) groups is 1. The Morgan fingerprint density at radius 2 is 1.93 bits per heavy atom. The number of hydrogen-bond acceptors (Lipinski definition) is 3. The third-order valence-electron chi connectivity index (χ3n) is 4.53. The van der Waals surface area contributed by atoms with Crippen molar-refractivity contribution in [3.05, 3.63) is 71.0 Å². The van der Waals surface area contributed by atoms with Gasteiger partial charge in [-0.25, -0.2) is 4.68 Å². The smallest absolute Gasteiger partial charge is 0.139 e. The van der Waals surface area contributed by atoms with E-state index >= 15 is 0 Å². The lowest BCUT2D eigenvalue weighted by Crippen LogP contribution is -2.08. The lowest BCUT2D eigenvalue weighted by molar-refractivity contribution is -0.119. The van der Waals surface area contributed by atoms with Crippen LogP contribution in [-0.4, -0.2) is 27.3 Å². The number of aliphatic hydroxyl groups is 1. The number of Topliss-reactive ketones (excluding diaryl/α,β-unsaturated/α-hetero) is 1. The van der Waals surface area contributed by atoms with Gasteiger partial charge in [0, 0.05) is 29.8 Å². The Balaban J connectivity index is 1.98. The molecule has 4 nitrogen and oxygen atoms in total. The van der Waals surface area contributed by atoms with Crippen LogP contribution in [0.5, 0.6) is 0 Å². The van der Waals surface area contributed by atoms with E-state index in [9.17, 15) is 4.79 Å². The highest BCUT2D eigenvalue weighted by atomic mass is 35.5. The molecule has 0 fully saturated rings. The van der Waals surface area contributed by atoms with Crippen LogP contribution in [0.4, 0.5) is 0 Å². The second-order valence-electron chi connectivity index (χ2n) is 7.40. The fraction of sp³-hybridized carbons (Fsp3) is 0.304. The van der Waals surface area contributed by atoms with E-state index in [-0.39, 0.29) is 12.4 Å². The zero-order valence-electron chi connectivity index (χ0n) is 16.2. The van der Waals surface area contributed by atoms with Gasteiger partial charge in [0.05, 0.1) is 17.8 Å². The van der Waals surface area contributed by atoms with Crippen molar-refractivity contribution < 1.29 is 9.90 Å². The number of benzene rings is 2. The second kappa shape index (κ2) is 9.18. The van der Waals surface area contributed by atoms with Gasteiger partial charge in [-0.1, -0.05) is 49.7 Å². The summed E-state index contributed by atoms with van der Waals surface area (Å²) in [6.07, 6.45) is 3.42. The second-order valence-corrected chi connectivity index (χ2v) is 7.83. The number of nitrogens with zero attached hydrogens (tertiary/aromatic N) is 2. The van der Waals surface area contributed by atoms with Crippen molar-refractivity contribution in [2.24, 2.45) is 5.92 Å². The number of aromatic nitrogens is 2. The molecule has 3 rings (SSSR count). The molecule has 5 heteroatoms. The van der Waals surface area contributed by atoms with Crippen LogP contribution in [0.3, 0.4) is 0 Å². The SMILES string of the molecule is CC(C)CC(=O)Cc1nn(-c2ccc(CCO)cc2)cc1-c1cccc(Cl)c1. The number of carbonyl (C=O) groups excluding carboxylic acids is 1. The molecule has 0 saturated carbocycles. The summed E-state index contributed by atoms with van der Waals surface area (Å²) < 4.78 is 1.80. The minimum Gasteiger partial charge on any atom is -0.396 e. The van der Waals surface area contributed by atoms with Crippen molar-refractivity contribution >= 4 is 17.4 Å². The van der Waals surface area contributed by atoms with Crippen LogP contribution in [0.15, 0.2) is 54.7 Å². The predicted octanol–water partition coefficient (Wildman–Crippen LogP) is 4.89. The summed E-state index contributed by atoms with van der Waals surface area (Å²) in [4.78, 5) is 12.4. The van der Waals surface area contributed by atoms with Crippen LogP contribution < -0.4 is 0 Å². The zero-order chi connectivity index (χ0) is 20.1. The Labute approximate surface area is 170 Å². The topological polar surface area (TPSA) is 55.1 Å². The van der Waals surface area contributed by atoms with Crippen LogP contribution in [0, 0.1) is 5.92 Å². The first-order valence-corrected chi connectivity index (χ1v) is 9.90. The van der Waals surface area contributed by atoms with E-state index in [4.69, 9.17) is 21.8 Å². The molecular weight excluding hydrogens is 372 g/mol. The third kappa shape index (κ3) is 5.09. The normalized spacial score (nSPS) is 11.2. The fourth-order valence-electron chi connectivity index (χ4n) is 3.23. The minimum atomic E-state index is 0.127. The van der Waals surface area contributed by atoms with Crippen LogP contribution in [-0.2, 0) is 17.6 Å². The molecule has 0 spiro atoms.